The van der Waals surface area contributed by atoms with Crippen LogP contribution in [0.3, 0.4) is 0 Å². The molecule has 0 fully saturated rings. The molecule has 0 bridgehead atoms. The molecular formula is C33H36Cl2N4O8. The molecule has 3 aromatic carbocycles. The minimum atomic E-state index is -1.19. The summed E-state index contributed by atoms with van der Waals surface area (Å²) in [6, 6.07) is 14.5. The molecule has 12 nitrogen and oxygen atoms in total. The largest absolute Gasteiger partial charge is 0.490 e. The molecule has 0 saturated heterocycles. The first kappa shape index (κ1) is 35.2. The molecule has 0 aliphatic carbocycles. The standard InChI is InChI=1S/C33H36Cl2N4O8/c1-5-44-26-15-21(30-29(32(41)43-4)19(3)37-33(42)38-30)11-12-25(26)46-18-28(40)39-36-16-20-13-24(35)31(27(14-20)45-6-2)47-17-22-9-7-8-10-23(22)34/h7-16,28,30,39-40H,5-6,17-18H2,1-4H3,(H2,37,38,42)/b36-16-/t28-,30-/m0/s1. The van der Waals surface area contributed by atoms with E-state index < -0.39 is 24.3 Å². The van der Waals surface area contributed by atoms with Crippen molar-refractivity contribution in [2.45, 2.75) is 39.6 Å². The molecule has 0 unspecified atom stereocenters. The fourth-order valence-corrected chi connectivity index (χ4v) is 5.11. The third-order valence-electron chi connectivity index (χ3n) is 6.77. The summed E-state index contributed by atoms with van der Waals surface area (Å²) in [5.74, 6) is 0.907. The smallest absolute Gasteiger partial charge is 0.337 e. The van der Waals surface area contributed by atoms with Gasteiger partial charge in [-0.15, -0.1) is 0 Å². The van der Waals surface area contributed by atoms with Gasteiger partial charge in [0, 0.05) is 16.3 Å². The number of nitrogens with zero attached hydrogens (tertiary/aromatic N) is 1. The van der Waals surface area contributed by atoms with Crippen LogP contribution in [0.4, 0.5) is 4.79 Å². The number of amides is 2. The summed E-state index contributed by atoms with van der Waals surface area (Å²) in [5.41, 5.74) is 5.22. The Kier molecular flexibility index (Phi) is 12.6. The molecule has 0 saturated carbocycles. The average Bonchev–Trinajstić information content (AvgIpc) is 3.04. The van der Waals surface area contributed by atoms with Crippen LogP contribution in [0.2, 0.25) is 10.0 Å². The summed E-state index contributed by atoms with van der Waals surface area (Å²) >= 11 is 12.8. The van der Waals surface area contributed by atoms with Gasteiger partial charge in [-0.05, 0) is 62.2 Å². The van der Waals surface area contributed by atoms with Gasteiger partial charge >= 0.3 is 12.0 Å². The maximum absolute atomic E-state index is 12.5. The molecule has 2 atom stereocenters. The molecule has 1 aliphatic heterocycles. The van der Waals surface area contributed by atoms with Crippen LogP contribution in [0.25, 0.3) is 0 Å². The Morgan fingerprint density at radius 3 is 2.47 bits per heavy atom. The van der Waals surface area contributed by atoms with Crippen molar-refractivity contribution in [1.82, 2.24) is 16.1 Å². The summed E-state index contributed by atoms with van der Waals surface area (Å²) < 4.78 is 28.2. The van der Waals surface area contributed by atoms with Crippen LogP contribution in [0.1, 0.15) is 43.5 Å². The second-order valence-electron chi connectivity index (χ2n) is 10.1. The van der Waals surface area contributed by atoms with Crippen LogP contribution in [0.15, 0.2) is 71.0 Å². The van der Waals surface area contributed by atoms with E-state index in [9.17, 15) is 14.7 Å². The highest BCUT2D eigenvalue weighted by Gasteiger charge is 2.32. The molecular weight excluding hydrogens is 651 g/mol. The van der Waals surface area contributed by atoms with Crippen molar-refractivity contribution in [1.29, 1.82) is 0 Å². The molecule has 250 valence electrons. The van der Waals surface area contributed by atoms with Gasteiger partial charge in [-0.25, -0.2) is 9.59 Å². The van der Waals surface area contributed by atoms with E-state index in [-0.39, 0.29) is 18.8 Å². The number of hydrogen-bond acceptors (Lipinski definition) is 10. The minimum Gasteiger partial charge on any atom is -0.490 e. The van der Waals surface area contributed by atoms with E-state index in [0.717, 1.165) is 5.56 Å². The summed E-state index contributed by atoms with van der Waals surface area (Å²) in [6.45, 7) is 5.99. The second-order valence-corrected chi connectivity index (χ2v) is 10.9. The van der Waals surface area contributed by atoms with E-state index in [1.54, 1.807) is 50.2 Å². The van der Waals surface area contributed by atoms with Crippen molar-refractivity contribution < 1.29 is 38.4 Å². The lowest BCUT2D eigenvalue weighted by atomic mass is 9.95. The van der Waals surface area contributed by atoms with Gasteiger partial charge < -0.3 is 39.4 Å². The van der Waals surface area contributed by atoms with Crippen LogP contribution in [0, 0.1) is 0 Å². The molecule has 3 aromatic rings. The lowest BCUT2D eigenvalue weighted by molar-refractivity contribution is -0.136. The predicted molar refractivity (Wildman–Crippen MR) is 177 cm³/mol. The number of benzene rings is 3. The maximum Gasteiger partial charge on any atom is 0.337 e. The molecule has 47 heavy (non-hydrogen) atoms. The quantitative estimate of drug-likeness (QED) is 0.0705. The number of hydrogen-bond donors (Lipinski definition) is 4. The first-order valence-electron chi connectivity index (χ1n) is 14.7. The van der Waals surface area contributed by atoms with Crippen molar-refractivity contribution in [3.05, 3.63) is 92.6 Å². The number of nitrogens with one attached hydrogen (secondary N) is 3. The third-order valence-corrected chi connectivity index (χ3v) is 7.42. The van der Waals surface area contributed by atoms with Crippen molar-refractivity contribution >= 4 is 41.4 Å². The molecule has 0 aromatic heterocycles. The van der Waals surface area contributed by atoms with Gasteiger partial charge in [0.2, 0.25) is 0 Å². The highest BCUT2D eigenvalue weighted by atomic mass is 35.5. The minimum absolute atomic E-state index is 0.187. The molecule has 0 spiro atoms. The fourth-order valence-electron chi connectivity index (χ4n) is 4.65. The number of ether oxygens (including phenoxy) is 5. The summed E-state index contributed by atoms with van der Waals surface area (Å²) in [4.78, 5) is 24.6. The predicted octanol–water partition coefficient (Wildman–Crippen LogP) is 5.49. The van der Waals surface area contributed by atoms with Gasteiger partial charge in [-0.3, -0.25) is 5.43 Å². The Morgan fingerprint density at radius 2 is 1.74 bits per heavy atom. The number of methoxy groups -OCH3 is 1. The van der Waals surface area contributed by atoms with Crippen LogP contribution in [-0.2, 0) is 16.1 Å². The van der Waals surface area contributed by atoms with E-state index in [0.29, 0.717) is 63.1 Å². The molecule has 4 N–H and O–H groups in total. The van der Waals surface area contributed by atoms with Crippen LogP contribution in [0.5, 0.6) is 23.0 Å². The Morgan fingerprint density at radius 1 is 1.00 bits per heavy atom. The van der Waals surface area contributed by atoms with E-state index in [1.807, 2.05) is 25.1 Å². The van der Waals surface area contributed by atoms with Gasteiger partial charge in [-0.1, -0.05) is 47.5 Å². The Hall–Kier alpha value is -4.65. The number of carbonyl (C=O) groups is 2. The molecule has 14 heteroatoms. The van der Waals surface area contributed by atoms with E-state index in [2.05, 4.69) is 21.2 Å². The van der Waals surface area contributed by atoms with Crippen molar-refractivity contribution in [3.63, 3.8) is 0 Å². The van der Waals surface area contributed by atoms with E-state index >= 15 is 0 Å². The number of allylic oxidation sites excluding steroid dienone is 1. The zero-order chi connectivity index (χ0) is 33.9. The number of halogens is 2. The number of esters is 1. The van der Waals surface area contributed by atoms with Gasteiger partial charge in [0.25, 0.3) is 0 Å². The average molecular weight is 688 g/mol. The lowest BCUT2D eigenvalue weighted by Gasteiger charge is -2.28. The summed E-state index contributed by atoms with van der Waals surface area (Å²) in [6.07, 6.45) is 0.276. The highest BCUT2D eigenvalue weighted by molar-refractivity contribution is 6.32. The van der Waals surface area contributed by atoms with E-state index in [1.165, 1.54) is 13.3 Å². The molecule has 0 radical (unpaired) electrons. The number of rotatable bonds is 15. The first-order valence-corrected chi connectivity index (χ1v) is 15.5. The number of urea groups is 1. The highest BCUT2D eigenvalue weighted by Crippen LogP contribution is 2.38. The molecule has 4 rings (SSSR count). The Bertz CT molecular complexity index is 1650. The SMILES string of the molecule is CCOc1cc([C@@H]2NC(=O)NC(C)=C2C(=O)OC)ccc1OC[C@H](O)N/N=C\c1cc(Cl)c(OCc2ccccc2Cl)c(OCC)c1. The third kappa shape index (κ3) is 9.22. The van der Waals surface area contributed by atoms with Gasteiger partial charge in [0.05, 0.1) is 43.2 Å². The van der Waals surface area contributed by atoms with Crippen molar-refractivity contribution in [2.24, 2.45) is 5.10 Å². The monoisotopic (exact) mass is 686 g/mol. The zero-order valence-electron chi connectivity index (χ0n) is 26.3. The number of carbonyl (C=O) groups excluding carboxylic acids is 2. The van der Waals surface area contributed by atoms with Crippen molar-refractivity contribution in [2.75, 3.05) is 26.9 Å². The maximum atomic E-state index is 12.5. The Balaban J connectivity index is 1.40. The fraction of sp³-hybridized carbons (Fsp3) is 0.303. The van der Waals surface area contributed by atoms with Crippen molar-refractivity contribution in [3.8, 4) is 23.0 Å². The second kappa shape index (κ2) is 16.8. The van der Waals surface area contributed by atoms with Gasteiger partial charge in [-0.2, -0.15) is 5.10 Å². The number of hydrazone groups is 1. The number of aliphatic hydroxyl groups excluding tert-OH is 1. The molecule has 1 aliphatic rings. The summed E-state index contributed by atoms with van der Waals surface area (Å²) in [7, 11) is 1.27. The topological polar surface area (TPSA) is 149 Å². The molecule has 1 heterocycles. The van der Waals surface area contributed by atoms with Crippen LogP contribution < -0.4 is 35.0 Å². The number of aliphatic hydroxyl groups is 1. The normalized spacial score (nSPS) is 15.0. The first-order chi connectivity index (χ1) is 22.6. The van der Waals surface area contributed by atoms with Gasteiger partial charge in [0.1, 0.15) is 13.2 Å². The van der Waals surface area contributed by atoms with E-state index in [4.69, 9.17) is 46.9 Å². The zero-order valence-corrected chi connectivity index (χ0v) is 27.8. The summed E-state index contributed by atoms with van der Waals surface area (Å²) in [5, 5.41) is 20.8. The van der Waals surface area contributed by atoms with Crippen LogP contribution >= 0.6 is 23.2 Å². The molecule has 2 amide bonds. The van der Waals surface area contributed by atoms with Gasteiger partial charge in [0.15, 0.2) is 29.2 Å². The Labute approximate surface area is 282 Å². The lowest BCUT2D eigenvalue weighted by Crippen LogP contribution is -2.45. The van der Waals surface area contributed by atoms with Crippen LogP contribution in [-0.4, -0.2) is 56.5 Å².